The van der Waals surface area contributed by atoms with E-state index in [1.807, 2.05) is 0 Å². The highest BCUT2D eigenvalue weighted by atomic mass is 16.5. The third-order valence-corrected chi connectivity index (χ3v) is 1.88. The fraction of sp³-hybridized carbons (Fsp3) is 0.750. The lowest BCUT2D eigenvalue weighted by Gasteiger charge is -2.04. The third kappa shape index (κ3) is 8.02. The van der Waals surface area contributed by atoms with Gasteiger partial charge in [-0.15, -0.1) is 5.92 Å². The van der Waals surface area contributed by atoms with Crippen LogP contribution < -0.4 is 0 Å². The zero-order valence-corrected chi connectivity index (χ0v) is 9.58. The SMILES string of the molecule is CCCCCC#CCC(O)C(=O)OCC. The number of hydrogen-bond acceptors (Lipinski definition) is 3. The summed E-state index contributed by atoms with van der Waals surface area (Å²) in [6.07, 6.45) is 3.35. The van der Waals surface area contributed by atoms with Gasteiger partial charge in [0.2, 0.25) is 0 Å². The number of carbonyl (C=O) groups is 1. The van der Waals surface area contributed by atoms with Crippen LogP contribution in [0.15, 0.2) is 0 Å². The topological polar surface area (TPSA) is 46.5 Å². The number of esters is 1. The molecule has 0 radical (unpaired) electrons. The Bertz CT molecular complexity index is 225. The zero-order valence-electron chi connectivity index (χ0n) is 9.58. The molecule has 0 saturated heterocycles. The first-order valence-corrected chi connectivity index (χ1v) is 5.52. The molecule has 1 N–H and O–H groups in total. The summed E-state index contributed by atoms with van der Waals surface area (Å²) in [6.45, 7) is 4.14. The average Bonchev–Trinajstić information content (AvgIpc) is 2.23. The maximum absolute atomic E-state index is 11.0. The molecular weight excluding hydrogens is 192 g/mol. The van der Waals surface area contributed by atoms with E-state index in [9.17, 15) is 9.90 Å². The summed E-state index contributed by atoms with van der Waals surface area (Å²) in [5.41, 5.74) is 0. The monoisotopic (exact) mass is 212 g/mol. The molecule has 86 valence electrons. The number of ether oxygens (including phenoxy) is 1. The molecule has 0 fully saturated rings. The Balaban J connectivity index is 3.59. The lowest BCUT2D eigenvalue weighted by atomic mass is 10.2. The molecule has 0 amide bonds. The summed E-state index contributed by atoms with van der Waals surface area (Å²) in [6, 6.07) is 0. The van der Waals surface area contributed by atoms with Crippen LogP contribution >= 0.6 is 0 Å². The van der Waals surface area contributed by atoms with E-state index < -0.39 is 12.1 Å². The van der Waals surface area contributed by atoms with E-state index in [0.29, 0.717) is 6.61 Å². The van der Waals surface area contributed by atoms with E-state index in [1.54, 1.807) is 6.92 Å². The molecule has 0 aromatic carbocycles. The number of hydrogen-bond donors (Lipinski definition) is 1. The van der Waals surface area contributed by atoms with E-state index in [-0.39, 0.29) is 6.42 Å². The first-order chi connectivity index (χ1) is 7.22. The van der Waals surface area contributed by atoms with Crippen LogP contribution in [0.2, 0.25) is 0 Å². The molecule has 0 aliphatic rings. The van der Waals surface area contributed by atoms with Gasteiger partial charge in [0, 0.05) is 12.8 Å². The minimum Gasteiger partial charge on any atom is -0.464 e. The molecule has 0 spiro atoms. The predicted octanol–water partition coefficient (Wildman–Crippen LogP) is 1.88. The van der Waals surface area contributed by atoms with E-state index in [4.69, 9.17) is 0 Å². The summed E-state index contributed by atoms with van der Waals surface area (Å²) in [7, 11) is 0. The van der Waals surface area contributed by atoms with Crippen molar-refractivity contribution in [3.8, 4) is 11.8 Å². The van der Waals surface area contributed by atoms with Crippen LogP contribution in [-0.2, 0) is 9.53 Å². The first kappa shape index (κ1) is 14.0. The number of carbonyl (C=O) groups excluding carboxylic acids is 1. The molecule has 0 heterocycles. The number of unbranched alkanes of at least 4 members (excludes halogenated alkanes) is 3. The van der Waals surface area contributed by atoms with Crippen molar-refractivity contribution in [1.82, 2.24) is 0 Å². The van der Waals surface area contributed by atoms with Crippen LogP contribution in [0, 0.1) is 11.8 Å². The minimum atomic E-state index is -1.09. The Morgan fingerprint density at radius 1 is 1.33 bits per heavy atom. The van der Waals surface area contributed by atoms with Crippen molar-refractivity contribution in [2.75, 3.05) is 6.61 Å². The molecule has 0 bridgehead atoms. The Hall–Kier alpha value is -1.01. The predicted molar refractivity (Wildman–Crippen MR) is 59.2 cm³/mol. The summed E-state index contributed by atoms with van der Waals surface area (Å²) >= 11 is 0. The van der Waals surface area contributed by atoms with Crippen LogP contribution in [0.25, 0.3) is 0 Å². The van der Waals surface area contributed by atoms with Crippen molar-refractivity contribution in [3.05, 3.63) is 0 Å². The normalized spacial score (nSPS) is 11.4. The molecule has 0 saturated carbocycles. The summed E-state index contributed by atoms with van der Waals surface area (Å²) in [5, 5.41) is 9.27. The Labute approximate surface area is 91.8 Å². The summed E-state index contributed by atoms with van der Waals surface area (Å²) in [4.78, 5) is 11.0. The van der Waals surface area contributed by atoms with Crippen LogP contribution in [0.3, 0.4) is 0 Å². The van der Waals surface area contributed by atoms with Gasteiger partial charge in [-0.25, -0.2) is 4.79 Å². The highest BCUT2D eigenvalue weighted by molar-refractivity contribution is 5.74. The maximum Gasteiger partial charge on any atom is 0.335 e. The molecule has 3 heteroatoms. The van der Waals surface area contributed by atoms with Gasteiger partial charge in [0.15, 0.2) is 6.10 Å². The Morgan fingerprint density at radius 2 is 2.07 bits per heavy atom. The summed E-state index contributed by atoms with van der Waals surface area (Å²) in [5.74, 6) is 5.13. The molecule has 1 unspecified atom stereocenters. The van der Waals surface area contributed by atoms with Crippen molar-refractivity contribution in [1.29, 1.82) is 0 Å². The van der Waals surface area contributed by atoms with Gasteiger partial charge in [-0.1, -0.05) is 25.7 Å². The molecule has 0 aromatic rings. The fourth-order valence-corrected chi connectivity index (χ4v) is 1.04. The van der Waals surface area contributed by atoms with Gasteiger partial charge in [-0.05, 0) is 13.3 Å². The van der Waals surface area contributed by atoms with Crippen LogP contribution in [-0.4, -0.2) is 23.8 Å². The average molecular weight is 212 g/mol. The van der Waals surface area contributed by atoms with Gasteiger partial charge >= 0.3 is 5.97 Å². The van der Waals surface area contributed by atoms with Gasteiger partial charge in [0.05, 0.1) is 6.61 Å². The molecular formula is C12H20O3. The number of aliphatic hydroxyl groups excluding tert-OH is 1. The van der Waals surface area contributed by atoms with Crippen LogP contribution in [0.4, 0.5) is 0 Å². The summed E-state index contributed by atoms with van der Waals surface area (Å²) < 4.78 is 4.64. The van der Waals surface area contributed by atoms with Gasteiger partial charge in [0.1, 0.15) is 0 Å². The molecule has 0 aromatic heterocycles. The fourth-order valence-electron chi connectivity index (χ4n) is 1.04. The van der Waals surface area contributed by atoms with Crippen LogP contribution in [0.5, 0.6) is 0 Å². The van der Waals surface area contributed by atoms with Gasteiger partial charge in [-0.3, -0.25) is 0 Å². The number of aliphatic hydroxyl groups is 1. The Morgan fingerprint density at radius 3 is 2.67 bits per heavy atom. The molecule has 15 heavy (non-hydrogen) atoms. The smallest absolute Gasteiger partial charge is 0.335 e. The molecule has 1 atom stereocenters. The van der Waals surface area contributed by atoms with Crippen molar-refractivity contribution < 1.29 is 14.6 Å². The molecule has 3 nitrogen and oxygen atoms in total. The van der Waals surface area contributed by atoms with E-state index in [2.05, 4.69) is 23.5 Å². The highest BCUT2D eigenvalue weighted by Crippen LogP contribution is 1.98. The quantitative estimate of drug-likeness (QED) is 0.415. The second-order valence-electron chi connectivity index (χ2n) is 3.28. The molecule has 0 rings (SSSR count). The lowest BCUT2D eigenvalue weighted by Crippen LogP contribution is -2.22. The zero-order chi connectivity index (χ0) is 11.5. The van der Waals surface area contributed by atoms with Gasteiger partial charge in [-0.2, -0.15) is 0 Å². The van der Waals surface area contributed by atoms with E-state index in [1.165, 1.54) is 12.8 Å². The van der Waals surface area contributed by atoms with Gasteiger partial charge in [0.25, 0.3) is 0 Å². The van der Waals surface area contributed by atoms with Crippen molar-refractivity contribution in [3.63, 3.8) is 0 Å². The Kier molecular flexibility index (Phi) is 8.90. The largest absolute Gasteiger partial charge is 0.464 e. The van der Waals surface area contributed by atoms with Crippen LogP contribution in [0.1, 0.15) is 46.0 Å². The second-order valence-corrected chi connectivity index (χ2v) is 3.28. The molecule has 0 aliphatic carbocycles. The third-order valence-electron chi connectivity index (χ3n) is 1.88. The van der Waals surface area contributed by atoms with E-state index >= 15 is 0 Å². The van der Waals surface area contributed by atoms with Crippen molar-refractivity contribution in [2.24, 2.45) is 0 Å². The number of rotatable bonds is 6. The highest BCUT2D eigenvalue weighted by Gasteiger charge is 2.13. The van der Waals surface area contributed by atoms with Crippen molar-refractivity contribution >= 4 is 5.97 Å². The second kappa shape index (κ2) is 9.54. The molecule has 0 aliphatic heterocycles. The first-order valence-electron chi connectivity index (χ1n) is 5.52. The lowest BCUT2D eigenvalue weighted by molar-refractivity contribution is -0.152. The van der Waals surface area contributed by atoms with Crippen molar-refractivity contribution in [2.45, 2.75) is 52.1 Å². The standard InChI is InChI=1S/C12H20O3/c1-3-5-6-7-8-9-10-11(13)12(14)15-4-2/h11,13H,3-7,10H2,1-2H3. The van der Waals surface area contributed by atoms with Gasteiger partial charge < -0.3 is 9.84 Å². The minimum absolute atomic E-state index is 0.172. The maximum atomic E-state index is 11.0. The van der Waals surface area contributed by atoms with E-state index in [0.717, 1.165) is 12.8 Å².